The van der Waals surface area contributed by atoms with Crippen molar-refractivity contribution < 1.29 is 23.4 Å². The molecule has 1 aromatic heterocycles. The number of methoxy groups -OCH3 is 3. The molecule has 0 saturated carbocycles. The minimum atomic E-state index is -0.846. The largest absolute Gasteiger partial charge is 0.493 e. The topological polar surface area (TPSA) is 79.1 Å². The van der Waals surface area contributed by atoms with Gasteiger partial charge in [0.2, 0.25) is 0 Å². The predicted molar refractivity (Wildman–Crippen MR) is 127 cm³/mol. The number of ether oxygens (including phenoxy) is 3. The normalized spacial score (nSPS) is 15.6. The molecule has 1 aliphatic heterocycles. The molecule has 0 spiro atoms. The van der Waals surface area contributed by atoms with E-state index in [0.717, 1.165) is 11.3 Å². The van der Waals surface area contributed by atoms with E-state index in [1.54, 1.807) is 31.2 Å². The minimum Gasteiger partial charge on any atom is -0.493 e. The fourth-order valence-corrected chi connectivity index (χ4v) is 5.06. The molecule has 3 aromatic rings. The van der Waals surface area contributed by atoms with Crippen molar-refractivity contribution in [3.8, 4) is 11.5 Å². The maximum atomic E-state index is 14.4. The summed E-state index contributed by atoms with van der Waals surface area (Å²) in [5.41, 5.74) is 0.850. The number of fused-ring (bicyclic) bond motifs is 1. The lowest BCUT2D eigenvalue weighted by atomic mass is 9.95. The Kier molecular flexibility index (Phi) is 6.58. The standard InChI is InChI=1S/C24H20ClFN2O5S/c1-12-20(23(30)33-4)21(13-8-9-17(31-2)18(10-13)32-3)28-22(29)19(34-24(28)27-12)11-14-15(25)6-5-7-16(14)26/h5-11,21H,1-4H3/b19-11-/t21-/m0/s1. The summed E-state index contributed by atoms with van der Waals surface area (Å²) in [7, 11) is 4.27. The molecule has 1 aliphatic rings. The fourth-order valence-electron chi connectivity index (χ4n) is 3.81. The number of hydrogen-bond acceptors (Lipinski definition) is 7. The van der Waals surface area contributed by atoms with Crippen molar-refractivity contribution in [3.05, 3.63) is 89.3 Å². The van der Waals surface area contributed by atoms with Gasteiger partial charge in [-0.1, -0.05) is 35.1 Å². The summed E-state index contributed by atoms with van der Waals surface area (Å²) in [6, 6.07) is 8.56. The van der Waals surface area contributed by atoms with Gasteiger partial charge in [0.05, 0.1) is 48.2 Å². The van der Waals surface area contributed by atoms with Crippen LogP contribution >= 0.6 is 22.9 Å². The number of rotatable bonds is 5. The molecular formula is C24H20ClFN2O5S. The van der Waals surface area contributed by atoms with Gasteiger partial charge < -0.3 is 14.2 Å². The molecule has 176 valence electrons. The van der Waals surface area contributed by atoms with E-state index in [4.69, 9.17) is 25.8 Å². The minimum absolute atomic E-state index is 0.0982. The highest BCUT2D eigenvalue weighted by Gasteiger charge is 2.33. The number of esters is 1. The first-order chi connectivity index (χ1) is 16.3. The van der Waals surface area contributed by atoms with Gasteiger partial charge in [0.15, 0.2) is 16.3 Å². The van der Waals surface area contributed by atoms with Gasteiger partial charge in [-0.25, -0.2) is 14.2 Å². The van der Waals surface area contributed by atoms with Crippen molar-refractivity contribution in [2.24, 2.45) is 4.99 Å². The van der Waals surface area contributed by atoms with Crippen molar-refractivity contribution >= 4 is 35.0 Å². The van der Waals surface area contributed by atoms with Gasteiger partial charge in [-0.15, -0.1) is 0 Å². The van der Waals surface area contributed by atoms with Crippen LogP contribution in [0.4, 0.5) is 4.39 Å². The van der Waals surface area contributed by atoms with E-state index in [0.29, 0.717) is 27.6 Å². The molecule has 0 N–H and O–H groups in total. The zero-order valence-corrected chi connectivity index (χ0v) is 20.3. The zero-order chi connectivity index (χ0) is 24.6. The van der Waals surface area contributed by atoms with E-state index in [1.807, 2.05) is 0 Å². The first-order valence-corrected chi connectivity index (χ1v) is 11.3. The number of benzene rings is 2. The predicted octanol–water partition coefficient (Wildman–Crippen LogP) is 3.22. The van der Waals surface area contributed by atoms with Gasteiger partial charge in [0.25, 0.3) is 5.56 Å². The van der Waals surface area contributed by atoms with Crippen LogP contribution in [-0.2, 0) is 9.53 Å². The summed E-state index contributed by atoms with van der Waals surface area (Å²) >= 11 is 7.23. The monoisotopic (exact) mass is 502 g/mol. The maximum absolute atomic E-state index is 14.4. The average molecular weight is 503 g/mol. The third-order valence-electron chi connectivity index (χ3n) is 5.43. The molecule has 0 fully saturated rings. The van der Waals surface area contributed by atoms with Crippen molar-refractivity contribution in [1.29, 1.82) is 0 Å². The summed E-state index contributed by atoms with van der Waals surface area (Å²) in [4.78, 5) is 31.1. The zero-order valence-electron chi connectivity index (χ0n) is 18.7. The molecule has 34 heavy (non-hydrogen) atoms. The Bertz CT molecular complexity index is 1490. The number of halogens is 2. The number of allylic oxidation sites excluding steroid dienone is 1. The highest BCUT2D eigenvalue weighted by molar-refractivity contribution is 7.07. The first kappa shape index (κ1) is 23.7. The van der Waals surface area contributed by atoms with Crippen LogP contribution in [0.2, 0.25) is 5.02 Å². The van der Waals surface area contributed by atoms with Gasteiger partial charge in [-0.2, -0.15) is 0 Å². The lowest BCUT2D eigenvalue weighted by molar-refractivity contribution is -0.136. The summed E-state index contributed by atoms with van der Waals surface area (Å²) < 4.78 is 31.7. The first-order valence-electron chi connectivity index (χ1n) is 10.1. The molecule has 2 aromatic carbocycles. The highest BCUT2D eigenvalue weighted by Crippen LogP contribution is 2.36. The molecule has 1 atom stereocenters. The second kappa shape index (κ2) is 9.44. The Hall–Kier alpha value is -3.43. The van der Waals surface area contributed by atoms with Crippen molar-refractivity contribution in [1.82, 2.24) is 4.57 Å². The maximum Gasteiger partial charge on any atom is 0.338 e. The molecule has 0 amide bonds. The van der Waals surface area contributed by atoms with Gasteiger partial charge in [-0.3, -0.25) is 9.36 Å². The number of carbonyl (C=O) groups is 1. The Morgan fingerprint density at radius 3 is 2.56 bits per heavy atom. The SMILES string of the molecule is COC(=O)C1=C(C)N=c2s/c(=C\c3c(F)cccc3Cl)c(=O)n2[C@H]1c1ccc(OC)c(OC)c1. The second-order valence-electron chi connectivity index (χ2n) is 7.32. The average Bonchev–Trinajstić information content (AvgIpc) is 3.14. The van der Waals surface area contributed by atoms with E-state index >= 15 is 0 Å². The van der Waals surface area contributed by atoms with Gasteiger partial charge in [0.1, 0.15) is 5.82 Å². The molecule has 0 aliphatic carbocycles. The molecular weight excluding hydrogens is 483 g/mol. The van der Waals surface area contributed by atoms with Crippen LogP contribution in [0.1, 0.15) is 24.1 Å². The summed E-state index contributed by atoms with van der Waals surface area (Å²) in [6.45, 7) is 1.67. The summed E-state index contributed by atoms with van der Waals surface area (Å²) in [6.07, 6.45) is 1.39. The Balaban J connectivity index is 2.01. The summed E-state index contributed by atoms with van der Waals surface area (Å²) in [5, 5.41) is 0.175. The van der Waals surface area contributed by atoms with E-state index in [9.17, 15) is 14.0 Å². The molecule has 0 saturated heterocycles. The van der Waals surface area contributed by atoms with Crippen LogP contribution in [0.5, 0.6) is 11.5 Å². The lowest BCUT2D eigenvalue weighted by Gasteiger charge is -2.25. The van der Waals surface area contributed by atoms with Crippen molar-refractivity contribution in [3.63, 3.8) is 0 Å². The lowest BCUT2D eigenvalue weighted by Crippen LogP contribution is -2.39. The molecule has 0 unspecified atom stereocenters. The number of thiazole rings is 1. The molecule has 0 bridgehead atoms. The van der Waals surface area contributed by atoms with E-state index in [2.05, 4.69) is 4.99 Å². The quantitative estimate of drug-likeness (QED) is 0.501. The van der Waals surface area contributed by atoms with Gasteiger partial charge in [-0.05, 0) is 42.8 Å². The Morgan fingerprint density at radius 1 is 1.18 bits per heavy atom. The third kappa shape index (κ3) is 4.01. The number of nitrogens with zero attached hydrogens (tertiary/aromatic N) is 2. The van der Waals surface area contributed by atoms with Crippen LogP contribution in [0.15, 0.2) is 57.5 Å². The molecule has 2 heterocycles. The van der Waals surface area contributed by atoms with Crippen LogP contribution < -0.4 is 24.4 Å². The summed E-state index contributed by atoms with van der Waals surface area (Å²) in [5.74, 6) is -0.249. The third-order valence-corrected chi connectivity index (χ3v) is 6.74. The molecule has 7 nitrogen and oxygen atoms in total. The Morgan fingerprint density at radius 2 is 1.91 bits per heavy atom. The molecule has 0 radical (unpaired) electrons. The van der Waals surface area contributed by atoms with Crippen molar-refractivity contribution in [2.45, 2.75) is 13.0 Å². The van der Waals surface area contributed by atoms with Crippen LogP contribution in [0.3, 0.4) is 0 Å². The fraction of sp³-hybridized carbons (Fsp3) is 0.208. The van der Waals surface area contributed by atoms with E-state index in [-0.39, 0.29) is 20.7 Å². The Labute approximate surface area is 203 Å². The van der Waals surface area contributed by atoms with Gasteiger partial charge >= 0.3 is 5.97 Å². The smallest absolute Gasteiger partial charge is 0.338 e. The van der Waals surface area contributed by atoms with E-state index < -0.39 is 23.4 Å². The second-order valence-corrected chi connectivity index (χ2v) is 8.74. The number of hydrogen-bond donors (Lipinski definition) is 0. The van der Waals surface area contributed by atoms with Crippen LogP contribution in [-0.4, -0.2) is 31.9 Å². The number of carbonyl (C=O) groups excluding carboxylic acids is 1. The molecule has 10 heteroatoms. The van der Waals surface area contributed by atoms with E-state index in [1.165, 1.54) is 44.1 Å². The highest BCUT2D eigenvalue weighted by atomic mass is 35.5. The van der Waals surface area contributed by atoms with Gasteiger partial charge in [0, 0.05) is 5.56 Å². The van der Waals surface area contributed by atoms with Crippen LogP contribution in [0, 0.1) is 5.82 Å². The number of aromatic nitrogens is 1. The van der Waals surface area contributed by atoms with Crippen molar-refractivity contribution in [2.75, 3.05) is 21.3 Å². The van der Waals surface area contributed by atoms with Crippen LogP contribution in [0.25, 0.3) is 6.08 Å². The molecule has 4 rings (SSSR count).